The van der Waals surface area contributed by atoms with Gasteiger partial charge in [-0.2, -0.15) is 0 Å². The van der Waals surface area contributed by atoms with Gasteiger partial charge in [0.1, 0.15) is 0 Å². The van der Waals surface area contributed by atoms with E-state index in [1.165, 1.54) is 47.9 Å². The number of unbranched alkanes of at least 4 members (excludes halogenated alkanes) is 3. The second-order valence-corrected chi connectivity index (χ2v) is 10.5. The van der Waals surface area contributed by atoms with Gasteiger partial charge in [0.15, 0.2) is 23.0 Å². The molecule has 0 saturated carbocycles. The fourth-order valence-corrected chi connectivity index (χ4v) is 5.32. The minimum Gasteiger partial charge on any atom is -0.493 e. The topological polar surface area (TPSA) is 61.0 Å². The van der Waals surface area contributed by atoms with Crippen LogP contribution in [0, 0.1) is 0 Å². The van der Waals surface area contributed by atoms with Crippen molar-refractivity contribution in [3.05, 3.63) is 46.5 Å². The summed E-state index contributed by atoms with van der Waals surface area (Å²) in [6.07, 6.45) is 8.82. The van der Waals surface area contributed by atoms with Crippen molar-refractivity contribution < 1.29 is 18.9 Å². The average Bonchev–Trinajstić information content (AvgIpc) is 3.37. The molecule has 0 radical (unpaired) electrons. The zero-order valence-corrected chi connectivity index (χ0v) is 26.4. The SMILES string of the molecule is CCc1c(CCNCCCCCCNC(C)(C)Cc2ccc3c(c2CC)OCO3)ccc(OC)c1OC.Cl.Cl. The van der Waals surface area contributed by atoms with Crippen molar-refractivity contribution in [2.24, 2.45) is 0 Å². The third kappa shape index (κ3) is 9.93. The van der Waals surface area contributed by atoms with E-state index in [0.717, 1.165) is 68.3 Å². The summed E-state index contributed by atoms with van der Waals surface area (Å²) < 4.78 is 22.3. The molecule has 0 fully saturated rings. The van der Waals surface area contributed by atoms with Crippen LogP contribution in [0.2, 0.25) is 0 Å². The molecular formula is C31H50Cl2N2O4. The molecule has 39 heavy (non-hydrogen) atoms. The Morgan fingerprint density at radius 2 is 1.49 bits per heavy atom. The molecule has 0 unspecified atom stereocenters. The maximum Gasteiger partial charge on any atom is 0.231 e. The van der Waals surface area contributed by atoms with Crippen molar-refractivity contribution in [3.63, 3.8) is 0 Å². The van der Waals surface area contributed by atoms with E-state index < -0.39 is 0 Å². The summed E-state index contributed by atoms with van der Waals surface area (Å²) in [4.78, 5) is 0. The van der Waals surface area contributed by atoms with Gasteiger partial charge in [0.2, 0.25) is 6.79 Å². The Morgan fingerprint density at radius 1 is 0.795 bits per heavy atom. The largest absolute Gasteiger partial charge is 0.493 e. The fraction of sp³-hybridized carbons (Fsp3) is 0.613. The number of hydrogen-bond donors (Lipinski definition) is 2. The lowest BCUT2D eigenvalue weighted by molar-refractivity contribution is 0.173. The van der Waals surface area contributed by atoms with Gasteiger partial charge in [-0.15, -0.1) is 24.8 Å². The molecule has 0 bridgehead atoms. The number of rotatable bonds is 17. The van der Waals surface area contributed by atoms with Crippen LogP contribution < -0.4 is 29.6 Å². The minimum absolute atomic E-state index is 0. The van der Waals surface area contributed by atoms with E-state index in [0.29, 0.717) is 6.79 Å². The van der Waals surface area contributed by atoms with Gasteiger partial charge in [-0.25, -0.2) is 0 Å². The molecule has 3 rings (SSSR count). The minimum atomic E-state index is 0. The van der Waals surface area contributed by atoms with Crippen LogP contribution in [0.5, 0.6) is 23.0 Å². The lowest BCUT2D eigenvalue weighted by Crippen LogP contribution is -2.42. The summed E-state index contributed by atoms with van der Waals surface area (Å²) in [6, 6.07) is 8.45. The number of hydrogen-bond acceptors (Lipinski definition) is 6. The molecule has 8 heteroatoms. The maximum atomic E-state index is 5.73. The number of methoxy groups -OCH3 is 2. The highest BCUT2D eigenvalue weighted by molar-refractivity contribution is 5.85. The Morgan fingerprint density at radius 3 is 2.15 bits per heavy atom. The second-order valence-electron chi connectivity index (χ2n) is 10.5. The first-order valence-electron chi connectivity index (χ1n) is 14.0. The fourth-order valence-electron chi connectivity index (χ4n) is 5.32. The summed E-state index contributed by atoms with van der Waals surface area (Å²) in [5.41, 5.74) is 5.28. The third-order valence-corrected chi connectivity index (χ3v) is 7.28. The summed E-state index contributed by atoms with van der Waals surface area (Å²) >= 11 is 0. The van der Waals surface area contributed by atoms with Gasteiger partial charge in [0.25, 0.3) is 0 Å². The molecule has 1 aliphatic heterocycles. The van der Waals surface area contributed by atoms with Gasteiger partial charge < -0.3 is 29.6 Å². The predicted octanol–water partition coefficient (Wildman–Crippen LogP) is 6.70. The van der Waals surface area contributed by atoms with Crippen LogP contribution in [-0.2, 0) is 25.7 Å². The van der Waals surface area contributed by atoms with Crippen molar-refractivity contribution in [1.29, 1.82) is 0 Å². The first-order valence-corrected chi connectivity index (χ1v) is 14.0. The highest BCUT2D eigenvalue weighted by Crippen LogP contribution is 2.39. The second kappa shape index (κ2) is 17.8. The van der Waals surface area contributed by atoms with Gasteiger partial charge in [0.05, 0.1) is 14.2 Å². The van der Waals surface area contributed by atoms with Crippen molar-refractivity contribution >= 4 is 24.8 Å². The number of halogens is 2. The maximum absolute atomic E-state index is 5.73. The van der Waals surface area contributed by atoms with Crippen LogP contribution in [0.15, 0.2) is 24.3 Å². The molecular weight excluding hydrogens is 535 g/mol. The molecule has 1 heterocycles. The standard InChI is InChI=1S/C31H48N2O4.2ClH/c1-7-25-23(13-15-27(34-5)29(25)35-6)17-20-32-18-11-9-10-12-19-33-31(3,4)21-24-14-16-28-30(26(24)8-2)37-22-36-28;;/h13-16,32-33H,7-12,17-22H2,1-6H3;2*1H. The molecule has 0 aliphatic carbocycles. The van der Waals surface area contributed by atoms with Crippen LogP contribution in [-0.4, -0.2) is 46.2 Å². The molecule has 1 aliphatic rings. The normalized spacial score (nSPS) is 12.1. The number of benzene rings is 2. The molecule has 0 atom stereocenters. The lowest BCUT2D eigenvalue weighted by Gasteiger charge is -2.28. The van der Waals surface area contributed by atoms with Gasteiger partial charge in [-0.3, -0.25) is 0 Å². The summed E-state index contributed by atoms with van der Waals surface area (Å²) in [5, 5.41) is 7.39. The molecule has 0 aromatic heterocycles. The monoisotopic (exact) mass is 584 g/mol. The Hall–Kier alpha value is -1.86. The number of ether oxygens (including phenoxy) is 4. The summed E-state index contributed by atoms with van der Waals surface area (Å²) in [7, 11) is 3.41. The molecule has 0 spiro atoms. The van der Waals surface area contributed by atoms with E-state index in [9.17, 15) is 0 Å². The van der Waals surface area contributed by atoms with E-state index in [1.54, 1.807) is 14.2 Å². The highest BCUT2D eigenvalue weighted by atomic mass is 35.5. The van der Waals surface area contributed by atoms with E-state index in [2.05, 4.69) is 56.5 Å². The van der Waals surface area contributed by atoms with Crippen LogP contribution in [0.1, 0.15) is 75.6 Å². The zero-order chi connectivity index (χ0) is 26.7. The van der Waals surface area contributed by atoms with E-state index in [1.807, 2.05) is 6.07 Å². The number of nitrogens with one attached hydrogen (secondary N) is 2. The van der Waals surface area contributed by atoms with Gasteiger partial charge in [-0.05, 0) is 95.3 Å². The Balaban J connectivity index is 0.00000380. The summed E-state index contributed by atoms with van der Waals surface area (Å²) in [5.74, 6) is 3.51. The molecule has 2 aromatic carbocycles. The molecule has 0 amide bonds. The van der Waals surface area contributed by atoms with E-state index >= 15 is 0 Å². The van der Waals surface area contributed by atoms with Crippen LogP contribution in [0.25, 0.3) is 0 Å². The Kier molecular flexibility index (Phi) is 16.0. The van der Waals surface area contributed by atoms with Crippen molar-refractivity contribution in [2.75, 3.05) is 40.6 Å². The zero-order valence-electron chi connectivity index (χ0n) is 24.7. The van der Waals surface area contributed by atoms with Crippen molar-refractivity contribution in [2.45, 2.75) is 84.6 Å². The van der Waals surface area contributed by atoms with Crippen LogP contribution >= 0.6 is 24.8 Å². The predicted molar refractivity (Wildman–Crippen MR) is 166 cm³/mol. The van der Waals surface area contributed by atoms with Gasteiger partial charge >= 0.3 is 0 Å². The average molecular weight is 586 g/mol. The van der Waals surface area contributed by atoms with Crippen molar-refractivity contribution in [1.82, 2.24) is 10.6 Å². The summed E-state index contributed by atoms with van der Waals surface area (Å²) in [6.45, 7) is 12.4. The first kappa shape index (κ1) is 35.2. The molecule has 0 saturated heterocycles. The van der Waals surface area contributed by atoms with E-state index in [4.69, 9.17) is 18.9 Å². The molecule has 6 nitrogen and oxygen atoms in total. The van der Waals surface area contributed by atoms with Crippen LogP contribution in [0.3, 0.4) is 0 Å². The van der Waals surface area contributed by atoms with Gasteiger partial charge in [0, 0.05) is 16.7 Å². The quantitative estimate of drug-likeness (QED) is 0.202. The lowest BCUT2D eigenvalue weighted by atomic mass is 9.90. The van der Waals surface area contributed by atoms with Crippen molar-refractivity contribution in [3.8, 4) is 23.0 Å². The third-order valence-electron chi connectivity index (χ3n) is 7.28. The first-order chi connectivity index (χ1) is 17.9. The smallest absolute Gasteiger partial charge is 0.231 e. The van der Waals surface area contributed by atoms with E-state index in [-0.39, 0.29) is 30.4 Å². The Labute approximate surface area is 248 Å². The van der Waals surface area contributed by atoms with Crippen LogP contribution in [0.4, 0.5) is 0 Å². The molecule has 2 aromatic rings. The number of fused-ring (bicyclic) bond motifs is 1. The Bertz CT molecular complexity index is 1000. The van der Waals surface area contributed by atoms with Gasteiger partial charge in [-0.1, -0.05) is 38.8 Å². The highest BCUT2D eigenvalue weighted by Gasteiger charge is 2.24. The molecule has 2 N–H and O–H groups in total. The molecule has 222 valence electrons.